The van der Waals surface area contributed by atoms with Crippen LogP contribution < -0.4 is 11.1 Å². The van der Waals surface area contributed by atoms with E-state index in [1.807, 2.05) is 61.5 Å². The van der Waals surface area contributed by atoms with Crippen LogP contribution in [-0.2, 0) is 11.2 Å². The zero-order valence-electron chi connectivity index (χ0n) is 12.5. The molecule has 0 spiro atoms. The lowest BCUT2D eigenvalue weighted by Crippen LogP contribution is -2.13. The summed E-state index contributed by atoms with van der Waals surface area (Å²) in [6, 6.07) is 17.4. The van der Waals surface area contributed by atoms with Gasteiger partial charge in [-0.15, -0.1) is 0 Å². The highest BCUT2D eigenvalue weighted by molar-refractivity contribution is 6.00. The first kappa shape index (κ1) is 15.5. The molecule has 0 radical (unpaired) electrons. The first-order valence-electron chi connectivity index (χ1n) is 7.05. The summed E-state index contributed by atoms with van der Waals surface area (Å²) in [5, 5.41) is 3.05. The molecule has 3 N–H and O–H groups in total. The van der Waals surface area contributed by atoms with Gasteiger partial charge in [-0.05, 0) is 36.3 Å². The molecule has 1 amide bonds. The van der Waals surface area contributed by atoms with E-state index in [1.165, 1.54) is 0 Å². The van der Waals surface area contributed by atoms with Crippen molar-refractivity contribution >= 4 is 17.4 Å². The van der Waals surface area contributed by atoms with E-state index in [4.69, 9.17) is 5.73 Å². The number of carbonyl (C=O) groups excluding carboxylic acids is 1. The minimum atomic E-state index is -0.254. The molecule has 0 fully saturated rings. The molecule has 0 bridgehead atoms. The summed E-state index contributed by atoms with van der Waals surface area (Å²) in [6.45, 7) is 1.97. The molecule has 0 saturated carbocycles. The topological polar surface area (TPSA) is 67.5 Å². The Labute approximate surface area is 130 Å². The van der Waals surface area contributed by atoms with Crippen LogP contribution in [0, 0.1) is 6.92 Å². The number of amides is 1. The standard InChI is InChI=1S/C18H19N3O/c1-14-7-5-6-8-15(14)13-18(22)21-17(19)11-12-20-16-9-3-2-4-10-16/h2-12,20H,13H2,1H3,(H2,19,21,22)/b12-11-. The summed E-state index contributed by atoms with van der Waals surface area (Å²) in [5.41, 5.74) is 8.72. The molecule has 2 aromatic carbocycles. The molecule has 0 aliphatic rings. The first-order chi connectivity index (χ1) is 10.6. The molecule has 112 valence electrons. The van der Waals surface area contributed by atoms with Gasteiger partial charge in [0.2, 0.25) is 0 Å². The maximum absolute atomic E-state index is 11.9. The van der Waals surface area contributed by atoms with Gasteiger partial charge in [-0.2, -0.15) is 4.99 Å². The Morgan fingerprint density at radius 1 is 1.14 bits per heavy atom. The van der Waals surface area contributed by atoms with Crippen molar-refractivity contribution in [3.8, 4) is 0 Å². The third-order valence-electron chi connectivity index (χ3n) is 3.13. The quantitative estimate of drug-likeness (QED) is 0.657. The number of rotatable bonds is 5. The number of nitrogens with two attached hydrogens (primary N) is 1. The number of aryl methyl sites for hydroxylation is 1. The van der Waals surface area contributed by atoms with Gasteiger partial charge in [0.05, 0.1) is 6.42 Å². The number of nitrogens with zero attached hydrogens (tertiary/aromatic N) is 1. The van der Waals surface area contributed by atoms with Gasteiger partial charge in [0.15, 0.2) is 0 Å². The van der Waals surface area contributed by atoms with Gasteiger partial charge in [-0.25, -0.2) is 0 Å². The lowest BCUT2D eigenvalue weighted by atomic mass is 10.1. The average molecular weight is 293 g/mol. The van der Waals surface area contributed by atoms with E-state index in [9.17, 15) is 4.79 Å². The van der Waals surface area contributed by atoms with E-state index in [2.05, 4.69) is 10.3 Å². The van der Waals surface area contributed by atoms with E-state index in [1.54, 1.807) is 12.3 Å². The van der Waals surface area contributed by atoms with Gasteiger partial charge < -0.3 is 11.1 Å². The van der Waals surface area contributed by atoms with Gasteiger partial charge in [0.25, 0.3) is 5.91 Å². The maximum Gasteiger partial charge on any atom is 0.252 e. The zero-order valence-corrected chi connectivity index (χ0v) is 12.5. The van der Waals surface area contributed by atoms with Crippen LogP contribution in [0.15, 0.2) is 71.9 Å². The number of nitrogens with one attached hydrogen (secondary N) is 1. The molecule has 0 saturated heterocycles. The second-order valence-electron chi connectivity index (χ2n) is 4.88. The Hall–Kier alpha value is -2.88. The fourth-order valence-electron chi connectivity index (χ4n) is 1.95. The average Bonchev–Trinajstić information content (AvgIpc) is 2.50. The molecule has 0 aliphatic heterocycles. The van der Waals surface area contributed by atoms with Crippen molar-refractivity contribution in [2.75, 3.05) is 5.32 Å². The zero-order chi connectivity index (χ0) is 15.8. The highest BCUT2D eigenvalue weighted by atomic mass is 16.1. The lowest BCUT2D eigenvalue weighted by molar-refractivity contribution is -0.117. The van der Waals surface area contributed by atoms with E-state index >= 15 is 0 Å². The predicted molar refractivity (Wildman–Crippen MR) is 90.7 cm³/mol. The SMILES string of the molecule is Cc1ccccc1CC(=O)N=C(N)/C=C\Nc1ccccc1. The van der Waals surface area contributed by atoms with E-state index < -0.39 is 0 Å². The second-order valence-corrected chi connectivity index (χ2v) is 4.88. The van der Waals surface area contributed by atoms with Crippen molar-refractivity contribution in [1.82, 2.24) is 0 Å². The highest BCUT2D eigenvalue weighted by Gasteiger charge is 2.04. The number of benzene rings is 2. The predicted octanol–water partition coefficient (Wildman–Crippen LogP) is 3.05. The Morgan fingerprint density at radius 3 is 2.55 bits per heavy atom. The Balaban J connectivity index is 1.91. The minimum absolute atomic E-state index is 0.182. The molecule has 0 unspecified atom stereocenters. The number of para-hydroxylation sites is 1. The van der Waals surface area contributed by atoms with Gasteiger partial charge in [0.1, 0.15) is 5.84 Å². The normalized spacial score (nSPS) is 11.6. The van der Waals surface area contributed by atoms with Crippen molar-refractivity contribution in [3.63, 3.8) is 0 Å². The molecule has 22 heavy (non-hydrogen) atoms. The van der Waals surface area contributed by atoms with Gasteiger partial charge >= 0.3 is 0 Å². The molecular formula is C18H19N3O. The monoisotopic (exact) mass is 293 g/mol. The van der Waals surface area contributed by atoms with Crippen LogP contribution in [0.3, 0.4) is 0 Å². The van der Waals surface area contributed by atoms with E-state index in [0.717, 1.165) is 16.8 Å². The van der Waals surface area contributed by atoms with E-state index in [0.29, 0.717) is 0 Å². The number of hydrogen-bond acceptors (Lipinski definition) is 2. The Morgan fingerprint density at radius 2 is 1.82 bits per heavy atom. The summed E-state index contributed by atoms with van der Waals surface area (Å²) in [6.07, 6.45) is 3.49. The Kier molecular flexibility index (Phi) is 5.49. The lowest BCUT2D eigenvalue weighted by Gasteiger charge is -2.02. The van der Waals surface area contributed by atoms with Crippen molar-refractivity contribution in [1.29, 1.82) is 0 Å². The third-order valence-corrected chi connectivity index (χ3v) is 3.13. The molecule has 4 heteroatoms. The van der Waals surface area contributed by atoms with E-state index in [-0.39, 0.29) is 18.2 Å². The summed E-state index contributed by atoms with van der Waals surface area (Å²) in [7, 11) is 0. The van der Waals surface area contributed by atoms with Crippen LogP contribution in [0.25, 0.3) is 0 Å². The van der Waals surface area contributed by atoms with Gasteiger partial charge in [-0.1, -0.05) is 42.5 Å². The van der Waals surface area contributed by atoms with Crippen LogP contribution in [-0.4, -0.2) is 11.7 Å². The van der Waals surface area contributed by atoms with Crippen molar-refractivity contribution < 1.29 is 4.79 Å². The van der Waals surface area contributed by atoms with Gasteiger partial charge in [-0.3, -0.25) is 4.79 Å². The Bertz CT molecular complexity index is 690. The maximum atomic E-state index is 11.9. The number of anilines is 1. The number of amidine groups is 1. The van der Waals surface area contributed by atoms with Crippen LogP contribution in [0.5, 0.6) is 0 Å². The smallest absolute Gasteiger partial charge is 0.252 e. The first-order valence-corrected chi connectivity index (χ1v) is 7.05. The molecule has 4 nitrogen and oxygen atoms in total. The fourth-order valence-corrected chi connectivity index (χ4v) is 1.95. The van der Waals surface area contributed by atoms with Crippen molar-refractivity contribution in [3.05, 3.63) is 78.0 Å². The number of hydrogen-bond donors (Lipinski definition) is 2. The molecule has 2 aromatic rings. The number of aliphatic imine (C=N–C) groups is 1. The largest absolute Gasteiger partial charge is 0.384 e. The molecule has 0 aliphatic carbocycles. The van der Waals surface area contributed by atoms with Crippen LogP contribution in [0.4, 0.5) is 5.69 Å². The molecule has 0 aromatic heterocycles. The molecule has 0 atom stereocenters. The van der Waals surface area contributed by atoms with Crippen molar-refractivity contribution in [2.45, 2.75) is 13.3 Å². The summed E-state index contributed by atoms with van der Waals surface area (Å²) < 4.78 is 0. The van der Waals surface area contributed by atoms with Crippen molar-refractivity contribution in [2.24, 2.45) is 10.7 Å². The number of carbonyl (C=O) groups is 1. The molecular weight excluding hydrogens is 274 g/mol. The minimum Gasteiger partial charge on any atom is -0.384 e. The molecule has 2 rings (SSSR count). The van der Waals surface area contributed by atoms with Crippen LogP contribution in [0.1, 0.15) is 11.1 Å². The second kappa shape index (κ2) is 7.78. The highest BCUT2D eigenvalue weighted by Crippen LogP contribution is 2.08. The van der Waals surface area contributed by atoms with Gasteiger partial charge in [0, 0.05) is 11.9 Å². The summed E-state index contributed by atoms with van der Waals surface area (Å²) in [5.74, 6) is -0.0711. The fraction of sp³-hybridized carbons (Fsp3) is 0.111. The summed E-state index contributed by atoms with van der Waals surface area (Å²) >= 11 is 0. The third kappa shape index (κ3) is 4.90. The van der Waals surface area contributed by atoms with Crippen LogP contribution >= 0.6 is 0 Å². The molecule has 0 heterocycles. The summed E-state index contributed by atoms with van der Waals surface area (Å²) in [4.78, 5) is 15.8. The van der Waals surface area contributed by atoms with Crippen LogP contribution in [0.2, 0.25) is 0 Å².